The van der Waals surface area contributed by atoms with Crippen molar-refractivity contribution in [3.05, 3.63) is 42.0 Å². The van der Waals surface area contributed by atoms with Crippen molar-refractivity contribution in [2.75, 3.05) is 18.0 Å². The maximum Gasteiger partial charge on any atom is 0.335 e. The predicted octanol–water partition coefficient (Wildman–Crippen LogP) is 3.10. The van der Waals surface area contributed by atoms with Gasteiger partial charge in [-0.05, 0) is 37.1 Å². The highest BCUT2D eigenvalue weighted by molar-refractivity contribution is 5.89. The fourth-order valence-electron chi connectivity index (χ4n) is 1.84. The van der Waals surface area contributed by atoms with Gasteiger partial charge in [0.25, 0.3) is 0 Å². The van der Waals surface area contributed by atoms with Crippen molar-refractivity contribution >= 4 is 11.7 Å². The van der Waals surface area contributed by atoms with Crippen LogP contribution in [0.5, 0.6) is 0 Å². The largest absolute Gasteiger partial charge is 0.478 e. The van der Waals surface area contributed by atoms with Gasteiger partial charge in [-0.25, -0.2) is 4.79 Å². The monoisotopic (exact) mass is 233 g/mol. The summed E-state index contributed by atoms with van der Waals surface area (Å²) in [6.07, 6.45) is 2.91. The first kappa shape index (κ1) is 13.3. The smallest absolute Gasteiger partial charge is 0.335 e. The van der Waals surface area contributed by atoms with Crippen LogP contribution in [0.25, 0.3) is 0 Å². The minimum Gasteiger partial charge on any atom is -0.478 e. The molecule has 0 amide bonds. The number of benzene rings is 1. The molecule has 0 fully saturated rings. The summed E-state index contributed by atoms with van der Waals surface area (Å²) in [5, 5.41) is 8.97. The standard InChI is InChI=1S/C14H19NO2/c1-4-8-15(9-5-2)12-6-7-13(14(16)17)11(3)10-12/h4,6-7,10H,1,5,8-9H2,2-3H3,(H,16,17). The van der Waals surface area contributed by atoms with E-state index in [1.165, 1.54) is 0 Å². The second-order valence-corrected chi connectivity index (χ2v) is 4.04. The van der Waals surface area contributed by atoms with Gasteiger partial charge in [0, 0.05) is 18.8 Å². The van der Waals surface area contributed by atoms with Crippen LogP contribution in [0.3, 0.4) is 0 Å². The van der Waals surface area contributed by atoms with Crippen LogP contribution < -0.4 is 4.90 Å². The fraction of sp³-hybridized carbons (Fsp3) is 0.357. The molecule has 1 aromatic rings. The summed E-state index contributed by atoms with van der Waals surface area (Å²) in [6, 6.07) is 5.44. The Labute approximate surface area is 102 Å². The minimum atomic E-state index is -0.875. The van der Waals surface area contributed by atoms with Gasteiger partial charge in [0.05, 0.1) is 5.56 Å². The summed E-state index contributed by atoms with van der Waals surface area (Å²) in [5.41, 5.74) is 2.21. The number of nitrogens with zero attached hydrogens (tertiary/aromatic N) is 1. The van der Waals surface area contributed by atoms with Crippen LogP contribution in [-0.4, -0.2) is 24.2 Å². The topological polar surface area (TPSA) is 40.5 Å². The molecule has 0 spiro atoms. The van der Waals surface area contributed by atoms with Crippen LogP contribution in [0.1, 0.15) is 29.3 Å². The third-order valence-electron chi connectivity index (χ3n) is 2.65. The van der Waals surface area contributed by atoms with Gasteiger partial charge in [-0.2, -0.15) is 0 Å². The van der Waals surface area contributed by atoms with Gasteiger partial charge >= 0.3 is 5.97 Å². The van der Waals surface area contributed by atoms with E-state index in [2.05, 4.69) is 18.4 Å². The van der Waals surface area contributed by atoms with E-state index in [1.807, 2.05) is 25.1 Å². The average molecular weight is 233 g/mol. The zero-order valence-electron chi connectivity index (χ0n) is 10.4. The lowest BCUT2D eigenvalue weighted by Gasteiger charge is -2.23. The zero-order valence-corrected chi connectivity index (χ0v) is 10.4. The van der Waals surface area contributed by atoms with Crippen LogP contribution in [0.4, 0.5) is 5.69 Å². The van der Waals surface area contributed by atoms with Gasteiger partial charge in [0.1, 0.15) is 0 Å². The summed E-state index contributed by atoms with van der Waals surface area (Å²) < 4.78 is 0. The van der Waals surface area contributed by atoms with Crippen molar-refractivity contribution in [2.45, 2.75) is 20.3 Å². The van der Waals surface area contributed by atoms with Gasteiger partial charge in [-0.15, -0.1) is 6.58 Å². The second-order valence-electron chi connectivity index (χ2n) is 4.04. The average Bonchev–Trinajstić information content (AvgIpc) is 2.28. The van der Waals surface area contributed by atoms with E-state index in [4.69, 9.17) is 5.11 Å². The molecular formula is C14H19NO2. The van der Waals surface area contributed by atoms with E-state index in [0.29, 0.717) is 5.56 Å². The molecule has 0 heterocycles. The Balaban J connectivity index is 3.01. The van der Waals surface area contributed by atoms with E-state index in [1.54, 1.807) is 6.07 Å². The molecule has 0 atom stereocenters. The quantitative estimate of drug-likeness (QED) is 0.767. The van der Waals surface area contributed by atoms with E-state index in [9.17, 15) is 4.79 Å². The first-order chi connectivity index (χ1) is 8.10. The van der Waals surface area contributed by atoms with Crippen molar-refractivity contribution in [3.8, 4) is 0 Å². The van der Waals surface area contributed by atoms with Gasteiger partial charge in [-0.3, -0.25) is 0 Å². The number of rotatable bonds is 6. The molecule has 1 aromatic carbocycles. The molecule has 3 nitrogen and oxygen atoms in total. The number of aryl methyl sites for hydroxylation is 1. The Morgan fingerprint density at radius 3 is 2.71 bits per heavy atom. The maximum atomic E-state index is 10.9. The van der Waals surface area contributed by atoms with Crippen LogP contribution >= 0.6 is 0 Å². The molecule has 0 radical (unpaired) electrons. The third-order valence-corrected chi connectivity index (χ3v) is 2.65. The number of aromatic carboxylic acids is 1. The van der Waals surface area contributed by atoms with Crippen LogP contribution in [-0.2, 0) is 0 Å². The predicted molar refractivity (Wildman–Crippen MR) is 70.8 cm³/mol. The summed E-state index contributed by atoms with van der Waals surface area (Å²) in [4.78, 5) is 13.1. The molecular weight excluding hydrogens is 214 g/mol. The van der Waals surface area contributed by atoms with Gasteiger partial charge in [-0.1, -0.05) is 13.0 Å². The first-order valence-corrected chi connectivity index (χ1v) is 5.80. The SMILES string of the molecule is C=CCN(CCC)c1ccc(C(=O)O)c(C)c1. The second kappa shape index (κ2) is 6.09. The van der Waals surface area contributed by atoms with Crippen LogP contribution in [0.15, 0.2) is 30.9 Å². The molecule has 1 rings (SSSR count). The Morgan fingerprint density at radius 1 is 1.53 bits per heavy atom. The van der Waals surface area contributed by atoms with E-state index in [-0.39, 0.29) is 0 Å². The molecule has 17 heavy (non-hydrogen) atoms. The number of carboxylic acids is 1. The van der Waals surface area contributed by atoms with Crippen LogP contribution in [0.2, 0.25) is 0 Å². The fourth-order valence-corrected chi connectivity index (χ4v) is 1.84. The normalized spacial score (nSPS) is 10.0. The van der Waals surface area contributed by atoms with E-state index < -0.39 is 5.97 Å². The zero-order chi connectivity index (χ0) is 12.8. The van der Waals surface area contributed by atoms with E-state index >= 15 is 0 Å². The Bertz CT molecular complexity index is 413. The Morgan fingerprint density at radius 2 is 2.24 bits per heavy atom. The molecule has 0 saturated heterocycles. The van der Waals surface area contributed by atoms with Crippen molar-refractivity contribution in [1.82, 2.24) is 0 Å². The molecule has 0 aliphatic carbocycles. The summed E-state index contributed by atoms with van der Waals surface area (Å²) in [6.45, 7) is 9.40. The number of hydrogen-bond donors (Lipinski definition) is 1. The van der Waals surface area contributed by atoms with Crippen molar-refractivity contribution in [1.29, 1.82) is 0 Å². The highest BCUT2D eigenvalue weighted by Gasteiger charge is 2.10. The van der Waals surface area contributed by atoms with Crippen LogP contribution in [0, 0.1) is 6.92 Å². The summed E-state index contributed by atoms with van der Waals surface area (Å²) in [7, 11) is 0. The molecule has 0 aromatic heterocycles. The molecule has 0 bridgehead atoms. The molecule has 0 aliphatic rings. The molecule has 92 valence electrons. The lowest BCUT2D eigenvalue weighted by molar-refractivity contribution is 0.0696. The number of carboxylic acid groups (broad SMARTS) is 1. The van der Waals surface area contributed by atoms with Gasteiger partial charge < -0.3 is 10.0 Å². The first-order valence-electron chi connectivity index (χ1n) is 5.80. The number of carbonyl (C=O) groups is 1. The third kappa shape index (κ3) is 3.34. The highest BCUT2D eigenvalue weighted by Crippen LogP contribution is 2.19. The van der Waals surface area contributed by atoms with E-state index in [0.717, 1.165) is 30.8 Å². The van der Waals surface area contributed by atoms with Crippen molar-refractivity contribution < 1.29 is 9.90 Å². The van der Waals surface area contributed by atoms with Gasteiger partial charge in [0.2, 0.25) is 0 Å². The molecule has 0 aliphatic heterocycles. The summed E-state index contributed by atoms with van der Waals surface area (Å²) >= 11 is 0. The summed E-state index contributed by atoms with van der Waals surface area (Å²) in [5.74, 6) is -0.875. The molecule has 1 N–H and O–H groups in total. The molecule has 0 unspecified atom stereocenters. The number of anilines is 1. The van der Waals surface area contributed by atoms with Crippen molar-refractivity contribution in [2.24, 2.45) is 0 Å². The van der Waals surface area contributed by atoms with Crippen molar-refractivity contribution in [3.63, 3.8) is 0 Å². The van der Waals surface area contributed by atoms with Gasteiger partial charge in [0.15, 0.2) is 0 Å². The number of hydrogen-bond acceptors (Lipinski definition) is 2. The highest BCUT2D eigenvalue weighted by atomic mass is 16.4. The molecule has 0 saturated carbocycles. The minimum absolute atomic E-state index is 0.365. The molecule has 3 heteroatoms. The Kier molecular flexibility index (Phi) is 4.76. The maximum absolute atomic E-state index is 10.9. The lowest BCUT2D eigenvalue weighted by atomic mass is 10.1. The lowest BCUT2D eigenvalue weighted by Crippen LogP contribution is -2.24. The Hall–Kier alpha value is -1.77.